The van der Waals surface area contributed by atoms with E-state index in [1.54, 1.807) is 30.1 Å². The minimum atomic E-state index is -1.15. The summed E-state index contributed by atoms with van der Waals surface area (Å²) in [6, 6.07) is 7.14. The molecular weight excluding hydrogens is 473 g/mol. The second kappa shape index (κ2) is 13.0. The molecule has 0 bridgehead atoms. The smallest absolute Gasteiger partial charge is 0.336 e. The van der Waals surface area contributed by atoms with Crippen molar-refractivity contribution in [1.29, 1.82) is 0 Å². The quantitative estimate of drug-likeness (QED) is 0.327. The lowest BCUT2D eigenvalue weighted by atomic mass is 9.78. The highest BCUT2D eigenvalue weighted by Crippen LogP contribution is 2.46. The number of hydrogen-bond acceptors (Lipinski definition) is 7. The monoisotopic (exact) mass is 509 g/mol. The van der Waals surface area contributed by atoms with Crippen LogP contribution in [0.25, 0.3) is 0 Å². The number of benzene rings is 1. The van der Waals surface area contributed by atoms with Gasteiger partial charge in [0.15, 0.2) is 6.30 Å². The molecule has 194 valence electrons. The number of ether oxygens (including phenoxy) is 2. The molecule has 1 heterocycles. The van der Waals surface area contributed by atoms with Crippen molar-refractivity contribution >= 4 is 23.5 Å². The normalized spacial score (nSPS) is 17.3. The van der Waals surface area contributed by atoms with Crippen LogP contribution in [-0.2, 0) is 19.1 Å². The average molecular weight is 510 g/mol. The van der Waals surface area contributed by atoms with Gasteiger partial charge in [-0.2, -0.15) is 0 Å². The first-order valence-corrected chi connectivity index (χ1v) is 12.1. The van der Waals surface area contributed by atoms with Crippen LogP contribution in [0.5, 0.6) is 0 Å². The second-order valence-electron chi connectivity index (χ2n) is 8.76. The number of rotatable bonds is 11. The summed E-state index contributed by atoms with van der Waals surface area (Å²) in [6.45, 7) is 4.97. The molecule has 0 aromatic heterocycles. The molecule has 0 saturated heterocycles. The number of methoxy groups -OCH3 is 2. The SMILES string of the molecule is CCN1C(CCN(C)C)=C(C(=O)OC)C(c2ccccc2Cl)C(C(=O)OC)=C1CCN(C)C(C)F. The molecule has 7 nitrogen and oxygen atoms in total. The summed E-state index contributed by atoms with van der Waals surface area (Å²) in [5.74, 6) is -1.88. The third kappa shape index (κ3) is 6.63. The van der Waals surface area contributed by atoms with Crippen LogP contribution in [0.15, 0.2) is 46.8 Å². The molecule has 0 fully saturated rings. The first kappa shape index (κ1) is 28.8. The van der Waals surface area contributed by atoms with Crippen molar-refractivity contribution < 1.29 is 23.5 Å². The number of alkyl halides is 1. The predicted octanol–water partition coefficient (Wildman–Crippen LogP) is 4.20. The number of halogens is 2. The minimum absolute atomic E-state index is 0.316. The van der Waals surface area contributed by atoms with Gasteiger partial charge in [0.1, 0.15) is 0 Å². The highest BCUT2D eigenvalue weighted by Gasteiger charge is 2.42. The summed E-state index contributed by atoms with van der Waals surface area (Å²) in [5, 5.41) is 0.422. The maximum Gasteiger partial charge on any atom is 0.336 e. The van der Waals surface area contributed by atoms with Crippen LogP contribution in [0, 0.1) is 0 Å². The fourth-order valence-corrected chi connectivity index (χ4v) is 4.60. The lowest BCUT2D eigenvalue weighted by Gasteiger charge is -2.40. The predicted molar refractivity (Wildman–Crippen MR) is 136 cm³/mol. The van der Waals surface area contributed by atoms with Crippen LogP contribution in [-0.4, -0.2) is 87.9 Å². The molecule has 2 unspecified atom stereocenters. The van der Waals surface area contributed by atoms with E-state index in [0.29, 0.717) is 59.9 Å². The summed E-state index contributed by atoms with van der Waals surface area (Å²) >= 11 is 6.62. The van der Waals surface area contributed by atoms with Crippen molar-refractivity contribution in [3.05, 3.63) is 57.4 Å². The standard InChI is InChI=1S/C26H37ClFN3O4/c1-8-31-20(13-15-29(3)4)23(25(32)34-6)22(18-11-9-10-12-19(18)27)24(26(33)35-7)21(31)14-16-30(5)17(2)28/h9-12,17,22H,8,13-16H2,1-7H3. The molecule has 0 amide bonds. The first-order chi connectivity index (χ1) is 16.6. The number of nitrogens with zero attached hydrogens (tertiary/aromatic N) is 3. The van der Waals surface area contributed by atoms with Crippen molar-refractivity contribution in [3.63, 3.8) is 0 Å². The molecule has 0 aliphatic carbocycles. The topological polar surface area (TPSA) is 62.3 Å². The van der Waals surface area contributed by atoms with Crippen LogP contribution in [0.4, 0.5) is 4.39 Å². The molecule has 1 aliphatic heterocycles. The average Bonchev–Trinajstić information content (AvgIpc) is 2.84. The van der Waals surface area contributed by atoms with Crippen molar-refractivity contribution in [2.24, 2.45) is 0 Å². The van der Waals surface area contributed by atoms with E-state index in [-0.39, 0.29) is 0 Å². The zero-order valence-corrected chi connectivity index (χ0v) is 22.5. The van der Waals surface area contributed by atoms with Gasteiger partial charge in [0.05, 0.1) is 31.3 Å². The van der Waals surface area contributed by atoms with Gasteiger partial charge in [-0.3, -0.25) is 4.90 Å². The van der Waals surface area contributed by atoms with E-state index in [2.05, 4.69) is 0 Å². The van der Waals surface area contributed by atoms with Gasteiger partial charge in [0.25, 0.3) is 0 Å². The lowest BCUT2D eigenvalue weighted by Crippen LogP contribution is -2.39. The number of esters is 2. The molecule has 35 heavy (non-hydrogen) atoms. The van der Waals surface area contributed by atoms with Crippen molar-refractivity contribution in [1.82, 2.24) is 14.7 Å². The van der Waals surface area contributed by atoms with Crippen LogP contribution < -0.4 is 0 Å². The van der Waals surface area contributed by atoms with Crippen LogP contribution in [0.1, 0.15) is 38.2 Å². The third-order valence-electron chi connectivity index (χ3n) is 6.30. The molecule has 1 aromatic rings. The van der Waals surface area contributed by atoms with Gasteiger partial charge in [-0.15, -0.1) is 0 Å². The molecule has 0 saturated carbocycles. The minimum Gasteiger partial charge on any atom is -0.466 e. The van der Waals surface area contributed by atoms with Gasteiger partial charge < -0.3 is 19.3 Å². The number of hydrogen-bond donors (Lipinski definition) is 0. The molecule has 2 atom stereocenters. The number of carbonyl (C=O) groups excluding carboxylic acids is 2. The molecule has 0 radical (unpaired) electrons. The van der Waals surface area contributed by atoms with Crippen molar-refractivity contribution in [2.75, 3.05) is 55.0 Å². The maximum absolute atomic E-state index is 14.0. The summed E-state index contributed by atoms with van der Waals surface area (Å²) in [6.07, 6.45) is -0.228. The Bertz CT molecular complexity index is 977. The molecule has 1 aliphatic rings. The van der Waals surface area contributed by atoms with Crippen molar-refractivity contribution in [3.8, 4) is 0 Å². The van der Waals surface area contributed by atoms with Gasteiger partial charge >= 0.3 is 11.9 Å². The Morgan fingerprint density at radius 3 is 1.97 bits per heavy atom. The Balaban J connectivity index is 2.89. The summed E-state index contributed by atoms with van der Waals surface area (Å²) < 4.78 is 24.4. The zero-order valence-electron chi connectivity index (χ0n) is 21.7. The Kier molecular flexibility index (Phi) is 10.7. The van der Waals surface area contributed by atoms with Gasteiger partial charge in [0.2, 0.25) is 0 Å². The highest BCUT2D eigenvalue weighted by atomic mass is 35.5. The second-order valence-corrected chi connectivity index (χ2v) is 9.17. The molecule has 2 rings (SSSR count). The van der Waals surface area contributed by atoms with E-state index in [1.165, 1.54) is 21.1 Å². The van der Waals surface area contributed by atoms with Gasteiger partial charge in [-0.05, 0) is 46.6 Å². The maximum atomic E-state index is 14.0. The Hall–Kier alpha value is -2.42. The Labute approximate surface area is 213 Å². The largest absolute Gasteiger partial charge is 0.466 e. The van der Waals surface area contributed by atoms with Gasteiger partial charge in [-0.25, -0.2) is 14.0 Å². The molecular formula is C26H37ClFN3O4. The molecule has 0 N–H and O–H groups in total. The fraction of sp³-hybridized carbons (Fsp3) is 0.538. The van der Waals surface area contributed by atoms with Crippen LogP contribution >= 0.6 is 11.6 Å². The van der Waals surface area contributed by atoms with Gasteiger partial charge in [-0.1, -0.05) is 29.8 Å². The van der Waals surface area contributed by atoms with Gasteiger partial charge in [0, 0.05) is 48.9 Å². The zero-order chi connectivity index (χ0) is 26.3. The van der Waals surface area contributed by atoms with Crippen molar-refractivity contribution in [2.45, 2.75) is 38.9 Å². The van der Waals surface area contributed by atoms with E-state index in [0.717, 1.165) is 5.70 Å². The summed E-state index contributed by atoms with van der Waals surface area (Å²) in [4.78, 5) is 32.2. The summed E-state index contributed by atoms with van der Waals surface area (Å²) in [5.41, 5.74) is 2.74. The third-order valence-corrected chi connectivity index (χ3v) is 6.64. The van der Waals surface area contributed by atoms with E-state index in [1.807, 2.05) is 36.9 Å². The Morgan fingerprint density at radius 2 is 1.54 bits per heavy atom. The molecule has 1 aromatic carbocycles. The van der Waals surface area contributed by atoms with E-state index < -0.39 is 24.2 Å². The fourth-order valence-electron chi connectivity index (χ4n) is 4.35. The van der Waals surface area contributed by atoms with Crippen LogP contribution in [0.2, 0.25) is 5.02 Å². The number of carbonyl (C=O) groups is 2. The molecule has 0 spiro atoms. The highest BCUT2D eigenvalue weighted by molar-refractivity contribution is 6.31. The van der Waals surface area contributed by atoms with E-state index in [4.69, 9.17) is 21.1 Å². The lowest BCUT2D eigenvalue weighted by molar-refractivity contribution is -0.137. The summed E-state index contributed by atoms with van der Waals surface area (Å²) in [7, 11) is 8.24. The van der Waals surface area contributed by atoms with E-state index in [9.17, 15) is 14.0 Å². The molecule has 9 heteroatoms. The van der Waals surface area contributed by atoms with Crippen LogP contribution in [0.3, 0.4) is 0 Å². The van der Waals surface area contributed by atoms with E-state index >= 15 is 0 Å². The first-order valence-electron chi connectivity index (χ1n) is 11.7. The Morgan fingerprint density at radius 1 is 1.03 bits per heavy atom.